The molecule has 0 fully saturated rings. The largest absolute Gasteiger partial charge is 0.384 e. The minimum Gasteiger partial charge on any atom is -0.384 e. The van der Waals surface area contributed by atoms with E-state index >= 15 is 0 Å². The first-order valence-corrected chi connectivity index (χ1v) is 7.68. The Bertz CT molecular complexity index is 470. The van der Waals surface area contributed by atoms with Gasteiger partial charge in [0.2, 0.25) is 0 Å². The van der Waals surface area contributed by atoms with Crippen LogP contribution in [0.5, 0.6) is 0 Å². The summed E-state index contributed by atoms with van der Waals surface area (Å²) < 4.78 is 0. The molecular weight excluding hydrogens is 264 g/mol. The van der Waals surface area contributed by atoms with Gasteiger partial charge >= 0.3 is 0 Å². The maximum absolute atomic E-state index is 12.3. The normalized spacial score (nSPS) is 10.7. The number of ketones is 1. The monoisotopic (exact) mass is 290 g/mol. The molecule has 0 atom stereocenters. The van der Waals surface area contributed by atoms with Crippen LogP contribution < -0.4 is 11.1 Å². The smallest absolute Gasteiger partial charge is 0.168 e. The third-order valence-corrected chi connectivity index (χ3v) is 3.44. The van der Waals surface area contributed by atoms with Crippen molar-refractivity contribution in [2.45, 2.75) is 39.5 Å². The summed E-state index contributed by atoms with van der Waals surface area (Å²) in [6.45, 7) is 5.23. The average molecular weight is 290 g/mol. The Morgan fingerprint density at radius 3 is 2.57 bits per heavy atom. The third-order valence-electron chi connectivity index (χ3n) is 3.44. The number of hydrogen-bond acceptors (Lipinski definition) is 4. The van der Waals surface area contributed by atoms with Crippen LogP contribution >= 0.6 is 0 Å². The van der Waals surface area contributed by atoms with Crippen molar-refractivity contribution in [3.8, 4) is 0 Å². The number of carbonyl (C=O) groups excluding carboxylic acids is 2. The molecule has 0 aliphatic heterocycles. The number of aldehydes is 1. The fraction of sp³-hybridized carbons (Fsp3) is 0.529. The van der Waals surface area contributed by atoms with Gasteiger partial charge in [-0.1, -0.05) is 38.8 Å². The molecule has 116 valence electrons. The number of nitrogens with two attached hydrogens (primary N) is 1. The van der Waals surface area contributed by atoms with Crippen LogP contribution in [0.2, 0.25) is 0 Å². The van der Waals surface area contributed by atoms with E-state index in [-0.39, 0.29) is 11.7 Å². The Labute approximate surface area is 127 Å². The quantitative estimate of drug-likeness (QED) is 0.394. The van der Waals surface area contributed by atoms with Crippen LogP contribution in [0.15, 0.2) is 18.2 Å². The lowest BCUT2D eigenvalue weighted by Crippen LogP contribution is -2.15. The average Bonchev–Trinajstić information content (AvgIpc) is 2.49. The number of carbonyl (C=O) groups is 2. The summed E-state index contributed by atoms with van der Waals surface area (Å²) >= 11 is 0. The van der Waals surface area contributed by atoms with Crippen LogP contribution in [0.4, 0.5) is 5.69 Å². The number of unbranched alkanes of at least 4 members (excludes halogenated alkanes) is 3. The number of rotatable bonds is 10. The zero-order valence-electron chi connectivity index (χ0n) is 13.0. The van der Waals surface area contributed by atoms with E-state index in [0.29, 0.717) is 11.1 Å². The molecule has 0 heterocycles. The topological polar surface area (TPSA) is 72.2 Å². The lowest BCUT2D eigenvalue weighted by molar-refractivity contribution is 0.0935. The fourth-order valence-corrected chi connectivity index (χ4v) is 2.23. The number of benzene rings is 1. The van der Waals surface area contributed by atoms with Gasteiger partial charge in [-0.25, -0.2) is 0 Å². The van der Waals surface area contributed by atoms with Gasteiger partial charge in [0, 0.05) is 23.7 Å². The van der Waals surface area contributed by atoms with E-state index in [1.54, 1.807) is 12.1 Å². The minimum atomic E-state index is -0.129. The van der Waals surface area contributed by atoms with Gasteiger partial charge in [0.25, 0.3) is 0 Å². The van der Waals surface area contributed by atoms with Gasteiger partial charge in [-0.05, 0) is 25.5 Å². The second-order valence-corrected chi connectivity index (χ2v) is 5.54. The molecule has 1 rings (SSSR count). The molecular formula is C17H26N2O2. The molecule has 4 nitrogen and oxygen atoms in total. The van der Waals surface area contributed by atoms with Crippen LogP contribution in [0.3, 0.4) is 0 Å². The molecule has 0 bridgehead atoms. The van der Waals surface area contributed by atoms with E-state index in [9.17, 15) is 9.59 Å². The third kappa shape index (κ3) is 5.31. The maximum Gasteiger partial charge on any atom is 0.168 e. The van der Waals surface area contributed by atoms with Crippen LogP contribution in [0, 0.1) is 5.92 Å². The predicted octanol–water partition coefficient (Wildman–Crippen LogP) is 3.27. The Balaban J connectivity index is 2.73. The van der Waals surface area contributed by atoms with E-state index in [2.05, 4.69) is 5.32 Å². The molecule has 21 heavy (non-hydrogen) atoms. The highest BCUT2D eigenvalue weighted by atomic mass is 16.1. The van der Waals surface area contributed by atoms with Gasteiger partial charge in [0.05, 0.1) is 5.56 Å². The first-order chi connectivity index (χ1) is 10.1. The Hall–Kier alpha value is -1.68. The van der Waals surface area contributed by atoms with Crippen LogP contribution in [0.1, 0.15) is 60.2 Å². The second-order valence-electron chi connectivity index (χ2n) is 5.54. The van der Waals surface area contributed by atoms with Gasteiger partial charge in [-0.15, -0.1) is 0 Å². The summed E-state index contributed by atoms with van der Waals surface area (Å²) in [5.74, 6) is -0.125. The zero-order chi connectivity index (χ0) is 15.7. The second kappa shape index (κ2) is 9.29. The highest BCUT2D eigenvalue weighted by Crippen LogP contribution is 2.22. The summed E-state index contributed by atoms with van der Waals surface area (Å²) in [5.41, 5.74) is 7.20. The van der Waals surface area contributed by atoms with Crippen LogP contribution in [-0.4, -0.2) is 25.2 Å². The molecule has 0 saturated heterocycles. The van der Waals surface area contributed by atoms with Gasteiger partial charge < -0.3 is 11.1 Å². The van der Waals surface area contributed by atoms with Crippen molar-refractivity contribution in [1.82, 2.24) is 0 Å². The van der Waals surface area contributed by atoms with Crippen molar-refractivity contribution in [3.63, 3.8) is 0 Å². The van der Waals surface area contributed by atoms with Crippen molar-refractivity contribution in [2.24, 2.45) is 11.7 Å². The molecule has 1 aromatic carbocycles. The van der Waals surface area contributed by atoms with Gasteiger partial charge in [0.15, 0.2) is 12.1 Å². The van der Waals surface area contributed by atoms with Crippen molar-refractivity contribution < 1.29 is 9.59 Å². The first kappa shape index (κ1) is 17.4. The van der Waals surface area contributed by atoms with E-state index in [1.807, 2.05) is 19.9 Å². The number of hydrogen-bond donors (Lipinski definition) is 2. The predicted molar refractivity (Wildman–Crippen MR) is 87.0 cm³/mol. The maximum atomic E-state index is 12.3. The van der Waals surface area contributed by atoms with E-state index in [0.717, 1.165) is 50.7 Å². The lowest BCUT2D eigenvalue weighted by atomic mass is 9.95. The number of Topliss-reactive ketones (excluding diaryl/α,β-unsaturated/α-hetero) is 1. The Kier molecular flexibility index (Phi) is 7.69. The Morgan fingerprint density at radius 2 is 1.95 bits per heavy atom. The fourth-order valence-electron chi connectivity index (χ4n) is 2.23. The van der Waals surface area contributed by atoms with Gasteiger partial charge in [0.1, 0.15) is 0 Å². The molecule has 3 N–H and O–H groups in total. The van der Waals surface area contributed by atoms with Crippen molar-refractivity contribution in [1.29, 1.82) is 0 Å². The Morgan fingerprint density at radius 1 is 1.24 bits per heavy atom. The highest BCUT2D eigenvalue weighted by molar-refractivity contribution is 6.08. The summed E-state index contributed by atoms with van der Waals surface area (Å²) in [4.78, 5) is 23.5. The molecule has 0 amide bonds. The highest BCUT2D eigenvalue weighted by Gasteiger charge is 2.18. The number of nitrogens with one attached hydrogen (secondary N) is 1. The molecule has 0 aromatic heterocycles. The van der Waals surface area contributed by atoms with E-state index in [1.165, 1.54) is 0 Å². The molecule has 0 unspecified atom stereocenters. The standard InChI is InChI=1S/C17H26N2O2/c1-13(2)17(21)16-14(12-20)8-7-9-15(16)19-11-6-4-3-5-10-18/h7-9,12-13,19H,3-6,10-11,18H2,1-2H3. The van der Waals surface area contributed by atoms with Gasteiger partial charge in [-0.3, -0.25) is 9.59 Å². The molecule has 1 aromatic rings. The van der Waals surface area contributed by atoms with Gasteiger partial charge in [-0.2, -0.15) is 0 Å². The summed E-state index contributed by atoms with van der Waals surface area (Å²) in [6, 6.07) is 5.36. The molecule has 0 saturated carbocycles. The zero-order valence-corrected chi connectivity index (χ0v) is 13.0. The minimum absolute atomic E-state index is 0.00308. The molecule has 0 spiro atoms. The molecule has 0 radical (unpaired) electrons. The number of anilines is 1. The summed E-state index contributed by atoms with van der Waals surface area (Å²) in [5, 5.41) is 3.29. The molecule has 0 aliphatic carbocycles. The lowest BCUT2D eigenvalue weighted by Gasteiger charge is -2.14. The SMILES string of the molecule is CC(C)C(=O)c1c(C=O)cccc1NCCCCCCN. The van der Waals surface area contributed by atoms with Crippen LogP contribution in [-0.2, 0) is 0 Å². The molecule has 0 aliphatic rings. The summed E-state index contributed by atoms with van der Waals surface area (Å²) in [6.07, 6.45) is 5.08. The van der Waals surface area contributed by atoms with Crippen LogP contribution in [0.25, 0.3) is 0 Å². The molecule has 4 heteroatoms. The van der Waals surface area contributed by atoms with E-state index in [4.69, 9.17) is 5.73 Å². The van der Waals surface area contributed by atoms with Crippen molar-refractivity contribution in [3.05, 3.63) is 29.3 Å². The van der Waals surface area contributed by atoms with Crippen molar-refractivity contribution in [2.75, 3.05) is 18.4 Å². The van der Waals surface area contributed by atoms with Crippen molar-refractivity contribution >= 4 is 17.8 Å². The summed E-state index contributed by atoms with van der Waals surface area (Å²) in [7, 11) is 0. The van der Waals surface area contributed by atoms with E-state index < -0.39 is 0 Å². The first-order valence-electron chi connectivity index (χ1n) is 7.68.